The van der Waals surface area contributed by atoms with Crippen LogP contribution in [0.4, 0.5) is 24.5 Å². The SMILES string of the molecule is CCc1nc2ccn(C)cc-2c1C(=O)NCc1ccc(N2CCN(c3ccc(OC(F)(F)F)cc3)CC2)cc1. The van der Waals surface area contributed by atoms with Crippen molar-refractivity contribution in [2.45, 2.75) is 26.3 Å². The lowest BCUT2D eigenvalue weighted by molar-refractivity contribution is -0.274. The normalized spacial score (nSPS) is 14.1. The van der Waals surface area contributed by atoms with E-state index in [2.05, 4.69) is 37.0 Å². The average Bonchev–Trinajstić information content (AvgIpc) is 3.29. The van der Waals surface area contributed by atoms with E-state index in [0.29, 0.717) is 18.5 Å². The molecular weight excluding hydrogens is 507 g/mol. The summed E-state index contributed by atoms with van der Waals surface area (Å²) in [6.45, 7) is 5.47. The van der Waals surface area contributed by atoms with E-state index in [9.17, 15) is 18.0 Å². The van der Waals surface area contributed by atoms with Crippen LogP contribution in [0.1, 0.15) is 28.5 Å². The topological polar surface area (TPSA) is 62.6 Å². The maximum Gasteiger partial charge on any atom is 0.573 e. The summed E-state index contributed by atoms with van der Waals surface area (Å²) < 4.78 is 43.1. The average molecular weight is 538 g/mol. The van der Waals surface area contributed by atoms with Crippen LogP contribution in [0.2, 0.25) is 0 Å². The van der Waals surface area contributed by atoms with Crippen LogP contribution >= 0.6 is 0 Å². The number of halogens is 3. The van der Waals surface area contributed by atoms with Crippen molar-refractivity contribution < 1.29 is 22.7 Å². The van der Waals surface area contributed by atoms with E-state index in [1.165, 1.54) is 12.1 Å². The first kappa shape index (κ1) is 26.4. The van der Waals surface area contributed by atoms with Gasteiger partial charge in [0.25, 0.3) is 5.91 Å². The van der Waals surface area contributed by atoms with Crippen LogP contribution < -0.4 is 19.9 Å². The molecule has 0 aromatic heterocycles. The Bertz CT molecular complexity index is 1390. The number of pyridine rings is 1. The molecule has 3 aliphatic rings. The molecule has 1 saturated heterocycles. The standard InChI is InChI=1S/C29H30F3N5O2/c1-3-25-27(24-19-35(2)13-12-26(24)34-25)28(38)33-18-20-4-6-21(7-5-20)36-14-16-37(17-15-36)22-8-10-23(11-9-22)39-29(30,31)32/h4-13,19H,3,14-18H2,1-2H3,(H,33,38). The number of aryl methyl sites for hydroxylation is 2. The van der Waals surface area contributed by atoms with Crippen molar-refractivity contribution in [2.75, 3.05) is 36.0 Å². The van der Waals surface area contributed by atoms with Crippen LogP contribution in [-0.4, -0.2) is 48.0 Å². The number of piperazine rings is 1. The van der Waals surface area contributed by atoms with Crippen LogP contribution in [-0.2, 0) is 20.0 Å². The van der Waals surface area contributed by atoms with Gasteiger partial charge in [-0.25, -0.2) is 0 Å². The van der Waals surface area contributed by atoms with Crippen LogP contribution in [0.25, 0.3) is 11.3 Å². The lowest BCUT2D eigenvalue weighted by atomic mass is 10.1. The van der Waals surface area contributed by atoms with Crippen LogP contribution in [0, 0.1) is 0 Å². The van der Waals surface area contributed by atoms with Gasteiger partial charge < -0.3 is 24.4 Å². The Hall–Kier alpha value is -4.21. The highest BCUT2D eigenvalue weighted by atomic mass is 19.4. The fourth-order valence-corrected chi connectivity index (χ4v) is 4.92. The minimum Gasteiger partial charge on any atom is -0.406 e. The van der Waals surface area contributed by atoms with Crippen molar-refractivity contribution in [1.82, 2.24) is 14.9 Å². The van der Waals surface area contributed by atoms with Gasteiger partial charge in [0.2, 0.25) is 0 Å². The molecule has 3 heterocycles. The molecule has 2 aromatic rings. The number of carbonyl (C=O) groups excluding carboxylic acids is 1. The minimum atomic E-state index is -4.69. The van der Waals surface area contributed by atoms with Crippen molar-refractivity contribution in [3.8, 4) is 17.0 Å². The number of hydrogen-bond donors (Lipinski definition) is 1. The Kier molecular flexibility index (Phi) is 7.36. The molecule has 7 nitrogen and oxygen atoms in total. The van der Waals surface area contributed by atoms with Crippen molar-refractivity contribution in [1.29, 1.82) is 0 Å². The van der Waals surface area contributed by atoms with E-state index in [1.807, 2.05) is 49.1 Å². The third kappa shape index (κ3) is 6.10. The maximum absolute atomic E-state index is 13.1. The van der Waals surface area contributed by atoms with Gasteiger partial charge in [-0.2, -0.15) is 0 Å². The predicted octanol–water partition coefficient (Wildman–Crippen LogP) is 5.24. The molecule has 2 aromatic carbocycles. The summed E-state index contributed by atoms with van der Waals surface area (Å²) in [5.41, 5.74) is 6.07. The number of aromatic nitrogens is 2. The highest BCUT2D eigenvalue weighted by Crippen LogP contribution is 2.29. The molecule has 0 spiro atoms. The van der Waals surface area contributed by atoms with Gasteiger partial charge in [-0.15, -0.1) is 13.2 Å². The summed E-state index contributed by atoms with van der Waals surface area (Å²) in [5, 5.41) is 3.05. The molecule has 3 aliphatic heterocycles. The summed E-state index contributed by atoms with van der Waals surface area (Å²) >= 11 is 0. The molecular formula is C29H30F3N5O2. The monoisotopic (exact) mass is 537 g/mol. The number of anilines is 2. The second kappa shape index (κ2) is 10.9. The molecule has 0 unspecified atom stereocenters. The third-order valence-electron chi connectivity index (χ3n) is 6.92. The smallest absolute Gasteiger partial charge is 0.406 e. The Morgan fingerprint density at radius 1 is 0.949 bits per heavy atom. The number of benzene rings is 2. The highest BCUT2D eigenvalue weighted by Gasteiger charge is 2.31. The lowest BCUT2D eigenvalue weighted by Gasteiger charge is -2.37. The van der Waals surface area contributed by atoms with E-state index in [1.54, 1.807) is 12.1 Å². The Labute approximate surface area is 225 Å². The summed E-state index contributed by atoms with van der Waals surface area (Å²) in [7, 11) is 1.93. The summed E-state index contributed by atoms with van der Waals surface area (Å²) in [4.78, 5) is 22.1. The van der Waals surface area contributed by atoms with Crippen molar-refractivity contribution in [3.05, 3.63) is 83.8 Å². The minimum absolute atomic E-state index is 0.126. The first-order valence-corrected chi connectivity index (χ1v) is 12.9. The number of alkyl halides is 3. The van der Waals surface area contributed by atoms with Gasteiger partial charge >= 0.3 is 6.36 Å². The highest BCUT2D eigenvalue weighted by molar-refractivity contribution is 6.02. The zero-order valence-corrected chi connectivity index (χ0v) is 21.8. The van der Waals surface area contributed by atoms with Gasteiger partial charge in [0, 0.05) is 69.1 Å². The summed E-state index contributed by atoms with van der Waals surface area (Å²) in [6.07, 6.45) is -0.156. The number of ether oxygens (including phenoxy) is 1. The molecule has 0 bridgehead atoms. The largest absolute Gasteiger partial charge is 0.573 e. The number of fused-ring (bicyclic) bond motifs is 1. The molecule has 10 heteroatoms. The predicted molar refractivity (Wildman–Crippen MR) is 144 cm³/mol. The number of nitrogens with zero attached hydrogens (tertiary/aromatic N) is 4. The Morgan fingerprint density at radius 2 is 1.54 bits per heavy atom. The third-order valence-corrected chi connectivity index (χ3v) is 6.92. The van der Waals surface area contributed by atoms with Crippen molar-refractivity contribution in [3.63, 3.8) is 0 Å². The molecule has 0 saturated carbocycles. The first-order chi connectivity index (χ1) is 18.7. The van der Waals surface area contributed by atoms with Crippen LogP contribution in [0.3, 0.4) is 0 Å². The molecule has 0 atom stereocenters. The van der Waals surface area contributed by atoms with Gasteiger partial charge in [0.1, 0.15) is 5.75 Å². The zero-order chi connectivity index (χ0) is 27.6. The number of amides is 1. The molecule has 1 amide bonds. The zero-order valence-electron chi connectivity index (χ0n) is 21.8. The molecule has 1 N–H and O–H groups in total. The summed E-state index contributed by atoms with van der Waals surface area (Å²) in [5.74, 6) is -0.348. The van der Waals surface area contributed by atoms with Gasteiger partial charge in [-0.1, -0.05) is 19.1 Å². The molecule has 0 aliphatic carbocycles. The van der Waals surface area contributed by atoms with Gasteiger partial charge in [0.15, 0.2) is 0 Å². The lowest BCUT2D eigenvalue weighted by Crippen LogP contribution is -2.46. The fourth-order valence-electron chi connectivity index (χ4n) is 4.92. The molecule has 5 rings (SSSR count). The second-order valence-corrected chi connectivity index (χ2v) is 9.56. The Morgan fingerprint density at radius 3 is 2.10 bits per heavy atom. The number of carbonyl (C=O) groups is 1. The van der Waals surface area contributed by atoms with E-state index in [0.717, 1.165) is 60.1 Å². The van der Waals surface area contributed by atoms with E-state index in [4.69, 9.17) is 0 Å². The quantitative estimate of drug-likeness (QED) is 0.349. The van der Waals surface area contributed by atoms with E-state index < -0.39 is 6.36 Å². The number of rotatable bonds is 7. The van der Waals surface area contributed by atoms with E-state index in [-0.39, 0.29) is 11.7 Å². The number of hydrogen-bond acceptors (Lipinski definition) is 5. The van der Waals surface area contributed by atoms with Crippen LogP contribution in [0.5, 0.6) is 5.75 Å². The van der Waals surface area contributed by atoms with Gasteiger partial charge in [0.05, 0.1) is 17.0 Å². The fraction of sp³-hybridized carbons (Fsp3) is 0.310. The van der Waals surface area contributed by atoms with Crippen molar-refractivity contribution >= 4 is 17.3 Å². The van der Waals surface area contributed by atoms with Gasteiger partial charge in [-0.3, -0.25) is 9.78 Å². The van der Waals surface area contributed by atoms with Crippen molar-refractivity contribution in [2.24, 2.45) is 7.05 Å². The van der Waals surface area contributed by atoms with E-state index >= 15 is 0 Å². The maximum atomic E-state index is 13.1. The number of nitrogens with one attached hydrogen (secondary N) is 1. The Balaban J connectivity index is 1.15. The second-order valence-electron chi connectivity index (χ2n) is 9.56. The molecule has 204 valence electrons. The molecule has 0 radical (unpaired) electrons. The first-order valence-electron chi connectivity index (χ1n) is 12.9. The molecule has 1 fully saturated rings. The summed E-state index contributed by atoms with van der Waals surface area (Å²) in [6, 6.07) is 16.0. The van der Waals surface area contributed by atoms with Crippen LogP contribution in [0.15, 0.2) is 67.0 Å². The molecule has 39 heavy (non-hydrogen) atoms. The van der Waals surface area contributed by atoms with Gasteiger partial charge in [-0.05, 0) is 54.4 Å².